The first kappa shape index (κ1) is 12.9. The van der Waals surface area contributed by atoms with Crippen LogP contribution in [-0.4, -0.2) is 25.5 Å². The van der Waals surface area contributed by atoms with Gasteiger partial charge in [-0.2, -0.15) is 0 Å². The predicted octanol–water partition coefficient (Wildman–Crippen LogP) is 1.53. The molecule has 1 aliphatic heterocycles. The highest BCUT2D eigenvalue weighted by Gasteiger charge is 2.28. The lowest BCUT2D eigenvalue weighted by molar-refractivity contribution is -0.123. The van der Waals surface area contributed by atoms with E-state index in [4.69, 9.17) is 4.74 Å². The molecule has 2 rings (SSSR count). The van der Waals surface area contributed by atoms with Gasteiger partial charge in [0.25, 0.3) is 0 Å². The maximum absolute atomic E-state index is 11.9. The molecule has 0 aromatic heterocycles. The molecule has 5 nitrogen and oxygen atoms in total. The summed E-state index contributed by atoms with van der Waals surface area (Å²) in [6.07, 6.45) is 0.243. The smallest absolute Gasteiger partial charge is 0.229 e. The first-order valence-electron chi connectivity index (χ1n) is 5.51. The monoisotopic (exact) mass is 312 g/mol. The largest absolute Gasteiger partial charge is 0.497 e. The summed E-state index contributed by atoms with van der Waals surface area (Å²) in [5, 5.41) is 5.43. The molecule has 1 unspecified atom stereocenters. The second-order valence-electron chi connectivity index (χ2n) is 4.04. The number of carbonyl (C=O) groups excluding carboxylic acids is 2. The lowest BCUT2D eigenvalue weighted by atomic mass is 10.1. The first-order valence-corrected chi connectivity index (χ1v) is 6.30. The lowest BCUT2D eigenvalue weighted by Crippen LogP contribution is -2.24. The van der Waals surface area contributed by atoms with Gasteiger partial charge in [-0.25, -0.2) is 0 Å². The zero-order chi connectivity index (χ0) is 13.1. The second-order valence-corrected chi connectivity index (χ2v) is 4.89. The number of halogens is 1. The van der Waals surface area contributed by atoms with Crippen molar-refractivity contribution in [3.05, 3.63) is 22.7 Å². The van der Waals surface area contributed by atoms with Gasteiger partial charge in [0, 0.05) is 23.5 Å². The van der Waals surface area contributed by atoms with Crippen molar-refractivity contribution >= 4 is 33.4 Å². The van der Waals surface area contributed by atoms with Crippen LogP contribution in [0.15, 0.2) is 22.7 Å². The average Bonchev–Trinajstić information content (AvgIpc) is 2.79. The third kappa shape index (κ3) is 2.81. The molecule has 1 aromatic carbocycles. The van der Waals surface area contributed by atoms with Gasteiger partial charge in [0.1, 0.15) is 5.75 Å². The SMILES string of the molecule is COc1ccc(Br)c(NC(=O)C2CNC(=O)C2)c1. The van der Waals surface area contributed by atoms with Crippen molar-refractivity contribution in [1.82, 2.24) is 5.32 Å². The minimum Gasteiger partial charge on any atom is -0.497 e. The molecule has 0 bridgehead atoms. The molecule has 0 saturated carbocycles. The quantitative estimate of drug-likeness (QED) is 0.889. The number of nitrogens with one attached hydrogen (secondary N) is 2. The van der Waals surface area contributed by atoms with E-state index in [2.05, 4.69) is 26.6 Å². The van der Waals surface area contributed by atoms with Crippen molar-refractivity contribution < 1.29 is 14.3 Å². The van der Waals surface area contributed by atoms with Gasteiger partial charge >= 0.3 is 0 Å². The molecular weight excluding hydrogens is 300 g/mol. The molecule has 0 spiro atoms. The molecule has 0 radical (unpaired) electrons. The van der Waals surface area contributed by atoms with E-state index in [-0.39, 0.29) is 24.2 Å². The van der Waals surface area contributed by atoms with Crippen molar-refractivity contribution in [2.24, 2.45) is 5.92 Å². The number of benzene rings is 1. The molecule has 2 N–H and O–H groups in total. The number of amides is 2. The van der Waals surface area contributed by atoms with Crippen LogP contribution in [0.5, 0.6) is 5.75 Å². The molecule has 1 atom stereocenters. The Morgan fingerprint density at radius 3 is 2.94 bits per heavy atom. The molecule has 1 aromatic rings. The number of hydrogen-bond donors (Lipinski definition) is 2. The van der Waals surface area contributed by atoms with Crippen molar-refractivity contribution in [2.75, 3.05) is 19.0 Å². The number of methoxy groups -OCH3 is 1. The lowest BCUT2D eigenvalue weighted by Gasteiger charge is -2.11. The fraction of sp³-hybridized carbons (Fsp3) is 0.333. The Hall–Kier alpha value is -1.56. The molecule has 18 heavy (non-hydrogen) atoms. The highest BCUT2D eigenvalue weighted by molar-refractivity contribution is 9.10. The number of anilines is 1. The predicted molar refractivity (Wildman–Crippen MR) is 70.4 cm³/mol. The molecule has 0 aliphatic carbocycles. The number of carbonyl (C=O) groups is 2. The highest BCUT2D eigenvalue weighted by atomic mass is 79.9. The van der Waals surface area contributed by atoms with Crippen LogP contribution in [-0.2, 0) is 9.59 Å². The van der Waals surface area contributed by atoms with Gasteiger partial charge in [0.05, 0.1) is 18.7 Å². The minimum atomic E-state index is -0.310. The van der Waals surface area contributed by atoms with Crippen molar-refractivity contribution in [3.8, 4) is 5.75 Å². The average molecular weight is 313 g/mol. The summed E-state index contributed by atoms with van der Waals surface area (Å²) < 4.78 is 5.87. The number of rotatable bonds is 3. The summed E-state index contributed by atoms with van der Waals surface area (Å²) >= 11 is 3.36. The normalized spacial score (nSPS) is 18.3. The van der Waals surface area contributed by atoms with Crippen molar-refractivity contribution in [3.63, 3.8) is 0 Å². The van der Waals surface area contributed by atoms with E-state index in [1.165, 1.54) is 0 Å². The van der Waals surface area contributed by atoms with Crippen LogP contribution in [0, 0.1) is 5.92 Å². The van der Waals surface area contributed by atoms with Crippen LogP contribution in [0.25, 0.3) is 0 Å². The highest BCUT2D eigenvalue weighted by Crippen LogP contribution is 2.27. The van der Waals surface area contributed by atoms with Crippen LogP contribution in [0.1, 0.15) is 6.42 Å². The fourth-order valence-electron chi connectivity index (χ4n) is 1.75. The van der Waals surface area contributed by atoms with Crippen LogP contribution in [0.4, 0.5) is 5.69 Å². The van der Waals surface area contributed by atoms with Gasteiger partial charge in [-0.1, -0.05) is 0 Å². The zero-order valence-corrected chi connectivity index (χ0v) is 11.4. The van der Waals surface area contributed by atoms with Gasteiger partial charge in [-0.05, 0) is 28.1 Å². The third-order valence-electron chi connectivity index (χ3n) is 2.78. The molecule has 1 fully saturated rings. The molecule has 1 heterocycles. The molecule has 96 valence electrons. The maximum Gasteiger partial charge on any atom is 0.229 e. The van der Waals surface area contributed by atoms with Crippen LogP contribution >= 0.6 is 15.9 Å². The van der Waals surface area contributed by atoms with Crippen molar-refractivity contribution in [2.45, 2.75) is 6.42 Å². The number of ether oxygens (including phenoxy) is 1. The first-order chi connectivity index (χ1) is 8.60. The van der Waals surface area contributed by atoms with E-state index in [1.807, 2.05) is 0 Å². The molecular formula is C12H13BrN2O3. The number of hydrogen-bond acceptors (Lipinski definition) is 3. The van der Waals surface area contributed by atoms with E-state index < -0.39 is 0 Å². The Balaban J connectivity index is 2.09. The van der Waals surface area contributed by atoms with Crippen molar-refractivity contribution in [1.29, 1.82) is 0 Å². The minimum absolute atomic E-state index is 0.0835. The van der Waals surface area contributed by atoms with Gasteiger partial charge < -0.3 is 15.4 Å². The Bertz CT molecular complexity index is 490. The van der Waals surface area contributed by atoms with Gasteiger partial charge in [-0.3, -0.25) is 9.59 Å². The van der Waals surface area contributed by atoms with E-state index in [1.54, 1.807) is 25.3 Å². The third-order valence-corrected chi connectivity index (χ3v) is 3.47. The summed E-state index contributed by atoms with van der Waals surface area (Å²) in [5.41, 5.74) is 0.638. The second kappa shape index (κ2) is 5.39. The summed E-state index contributed by atoms with van der Waals surface area (Å²) in [6, 6.07) is 5.32. The van der Waals surface area contributed by atoms with Gasteiger partial charge in [0.2, 0.25) is 11.8 Å². The molecule has 1 saturated heterocycles. The van der Waals surface area contributed by atoms with Crippen LogP contribution in [0.3, 0.4) is 0 Å². The van der Waals surface area contributed by atoms with E-state index in [0.717, 1.165) is 4.47 Å². The van der Waals surface area contributed by atoms with Gasteiger partial charge in [-0.15, -0.1) is 0 Å². The standard InChI is InChI=1S/C12H13BrN2O3/c1-18-8-2-3-9(13)10(5-8)15-12(17)7-4-11(16)14-6-7/h2-3,5,7H,4,6H2,1H3,(H,14,16)(H,15,17). The summed E-state index contributed by atoms with van der Waals surface area (Å²) in [5.74, 6) is 0.104. The van der Waals surface area contributed by atoms with Crippen LogP contribution in [0.2, 0.25) is 0 Å². The Labute approximate surface area is 113 Å². The fourth-order valence-corrected chi connectivity index (χ4v) is 2.10. The van der Waals surface area contributed by atoms with Gasteiger partial charge in [0.15, 0.2) is 0 Å². The summed E-state index contributed by atoms with van der Waals surface area (Å²) in [4.78, 5) is 23.0. The van der Waals surface area contributed by atoms with E-state index >= 15 is 0 Å². The Kier molecular flexibility index (Phi) is 3.86. The Morgan fingerprint density at radius 2 is 2.33 bits per heavy atom. The molecule has 1 aliphatic rings. The Morgan fingerprint density at radius 1 is 1.56 bits per heavy atom. The maximum atomic E-state index is 11.9. The van der Waals surface area contributed by atoms with E-state index in [0.29, 0.717) is 18.0 Å². The van der Waals surface area contributed by atoms with E-state index in [9.17, 15) is 9.59 Å². The zero-order valence-electron chi connectivity index (χ0n) is 9.83. The summed E-state index contributed by atoms with van der Waals surface area (Å²) in [7, 11) is 1.56. The topological polar surface area (TPSA) is 67.4 Å². The molecule has 2 amide bonds. The van der Waals surface area contributed by atoms with Crippen LogP contribution < -0.4 is 15.4 Å². The molecule has 6 heteroatoms. The summed E-state index contributed by atoms with van der Waals surface area (Å²) in [6.45, 7) is 0.395.